The van der Waals surface area contributed by atoms with E-state index in [4.69, 9.17) is 34.8 Å². The Bertz CT molecular complexity index is 669. The zero-order chi connectivity index (χ0) is 14.2. The first-order valence-corrected chi connectivity index (χ1v) is 6.24. The first kappa shape index (κ1) is 14.3. The molecule has 0 fully saturated rings. The van der Waals surface area contributed by atoms with Crippen LogP contribution in [0.15, 0.2) is 23.0 Å². The van der Waals surface area contributed by atoms with Crippen LogP contribution in [-0.4, -0.2) is 14.3 Å². The first-order valence-electron chi connectivity index (χ1n) is 4.95. The minimum Gasteiger partial charge on any atom is -0.245 e. The molecule has 0 bridgehead atoms. The van der Waals surface area contributed by atoms with Crippen LogP contribution in [-0.2, 0) is 5.88 Å². The van der Waals surface area contributed by atoms with Gasteiger partial charge in [-0.1, -0.05) is 23.2 Å². The Kier molecular flexibility index (Phi) is 4.13. The molecule has 1 aromatic heterocycles. The Morgan fingerprint density at radius 2 is 2.00 bits per heavy atom. The summed E-state index contributed by atoms with van der Waals surface area (Å²) in [4.78, 5) is 11.9. The lowest BCUT2D eigenvalue weighted by molar-refractivity contribution is 0.0637. The van der Waals surface area contributed by atoms with Gasteiger partial charge < -0.3 is 0 Å². The maximum atomic E-state index is 12.8. The Labute approximate surface area is 121 Å². The molecule has 0 spiro atoms. The van der Waals surface area contributed by atoms with Crippen molar-refractivity contribution in [3.05, 3.63) is 44.6 Å². The van der Waals surface area contributed by atoms with Gasteiger partial charge in [0.05, 0.1) is 16.6 Å². The highest BCUT2D eigenvalue weighted by atomic mass is 35.5. The van der Waals surface area contributed by atoms with E-state index in [1.54, 1.807) is 0 Å². The largest absolute Gasteiger partial charge is 0.355 e. The fourth-order valence-electron chi connectivity index (χ4n) is 1.52. The van der Waals surface area contributed by atoms with Crippen molar-refractivity contribution in [3.63, 3.8) is 0 Å². The van der Waals surface area contributed by atoms with Crippen molar-refractivity contribution >= 4 is 34.8 Å². The van der Waals surface area contributed by atoms with Gasteiger partial charge in [0.2, 0.25) is 0 Å². The van der Waals surface area contributed by atoms with Crippen molar-refractivity contribution < 1.29 is 8.78 Å². The maximum absolute atomic E-state index is 12.8. The number of halogens is 5. The predicted octanol–water partition coefficient (Wildman–Crippen LogP) is 3.47. The summed E-state index contributed by atoms with van der Waals surface area (Å²) in [6, 6.07) is 4.26. The standard InChI is InChI=1S/C10H6Cl3F2N3O/c11-4-8-16-18(10(19)17(8)9(14)15)7-2-1-5(12)3-6(7)13/h1-3,9H,4H2. The van der Waals surface area contributed by atoms with Crippen molar-refractivity contribution in [1.29, 1.82) is 0 Å². The topological polar surface area (TPSA) is 39.8 Å². The number of rotatable bonds is 3. The van der Waals surface area contributed by atoms with E-state index in [1.165, 1.54) is 18.2 Å². The molecule has 0 radical (unpaired) electrons. The molecule has 102 valence electrons. The van der Waals surface area contributed by atoms with Gasteiger partial charge in [-0.2, -0.15) is 13.5 Å². The SMILES string of the molecule is O=c1n(-c2ccc(Cl)cc2Cl)nc(CCl)n1C(F)F. The Morgan fingerprint density at radius 3 is 2.47 bits per heavy atom. The molecule has 0 saturated heterocycles. The number of alkyl halides is 3. The summed E-state index contributed by atoms with van der Waals surface area (Å²) in [5.74, 6) is -0.565. The molecule has 1 heterocycles. The van der Waals surface area contributed by atoms with Crippen LogP contribution < -0.4 is 5.69 Å². The molecule has 19 heavy (non-hydrogen) atoms. The summed E-state index contributed by atoms with van der Waals surface area (Å²) in [7, 11) is 0. The molecule has 0 amide bonds. The highest BCUT2D eigenvalue weighted by Crippen LogP contribution is 2.23. The van der Waals surface area contributed by atoms with E-state index < -0.39 is 12.2 Å². The molecule has 2 aromatic rings. The van der Waals surface area contributed by atoms with Gasteiger partial charge in [0.25, 0.3) is 0 Å². The molecule has 0 aliphatic rings. The predicted molar refractivity (Wildman–Crippen MR) is 68.7 cm³/mol. The van der Waals surface area contributed by atoms with Crippen LogP contribution in [0.1, 0.15) is 12.4 Å². The normalized spacial score (nSPS) is 11.3. The summed E-state index contributed by atoms with van der Waals surface area (Å²) in [5.41, 5.74) is -0.864. The summed E-state index contributed by atoms with van der Waals surface area (Å²) >= 11 is 17.1. The van der Waals surface area contributed by atoms with Crippen LogP contribution in [0.5, 0.6) is 0 Å². The molecule has 9 heteroatoms. The Hall–Kier alpha value is -1.11. The van der Waals surface area contributed by atoms with E-state index in [0.717, 1.165) is 4.68 Å². The van der Waals surface area contributed by atoms with E-state index in [1.807, 2.05) is 0 Å². The lowest BCUT2D eigenvalue weighted by Gasteiger charge is -2.02. The zero-order valence-electron chi connectivity index (χ0n) is 9.16. The second-order valence-corrected chi connectivity index (χ2v) is 4.60. The van der Waals surface area contributed by atoms with Crippen LogP contribution >= 0.6 is 34.8 Å². The maximum Gasteiger partial charge on any atom is 0.355 e. The van der Waals surface area contributed by atoms with Gasteiger partial charge in [0, 0.05) is 5.02 Å². The van der Waals surface area contributed by atoms with Gasteiger partial charge in [-0.15, -0.1) is 16.7 Å². The van der Waals surface area contributed by atoms with Crippen molar-refractivity contribution in [1.82, 2.24) is 14.3 Å². The molecular formula is C10H6Cl3F2N3O. The molecule has 0 atom stereocenters. The minimum absolute atomic E-state index is 0.120. The third-order valence-corrected chi connectivity index (χ3v) is 3.11. The molecule has 0 N–H and O–H groups in total. The van der Waals surface area contributed by atoms with E-state index in [2.05, 4.69) is 5.10 Å². The lowest BCUT2D eigenvalue weighted by atomic mass is 10.3. The molecule has 4 nitrogen and oxygen atoms in total. The van der Waals surface area contributed by atoms with Crippen molar-refractivity contribution in [3.8, 4) is 5.69 Å². The van der Waals surface area contributed by atoms with Crippen molar-refractivity contribution in [2.24, 2.45) is 0 Å². The smallest absolute Gasteiger partial charge is 0.245 e. The van der Waals surface area contributed by atoms with Crippen LogP contribution in [0.3, 0.4) is 0 Å². The highest BCUT2D eigenvalue weighted by Gasteiger charge is 2.21. The summed E-state index contributed by atoms with van der Waals surface area (Å²) in [6.07, 6.45) is 0. The summed E-state index contributed by atoms with van der Waals surface area (Å²) < 4.78 is 26.5. The third-order valence-electron chi connectivity index (χ3n) is 2.33. The molecule has 1 aromatic carbocycles. The molecular weight excluding hydrogens is 322 g/mol. The minimum atomic E-state index is -3.03. The summed E-state index contributed by atoms with van der Waals surface area (Å²) in [5, 5.41) is 4.21. The van der Waals surface area contributed by atoms with E-state index >= 15 is 0 Å². The van der Waals surface area contributed by atoms with Gasteiger partial charge in [-0.3, -0.25) is 0 Å². The molecule has 0 aliphatic heterocycles. The van der Waals surface area contributed by atoms with Gasteiger partial charge >= 0.3 is 12.2 Å². The van der Waals surface area contributed by atoms with Gasteiger partial charge in [0.15, 0.2) is 5.82 Å². The fourth-order valence-corrected chi connectivity index (χ4v) is 2.19. The molecule has 0 aliphatic carbocycles. The molecule has 0 unspecified atom stereocenters. The number of nitrogens with zero attached hydrogens (tertiary/aromatic N) is 3. The van der Waals surface area contributed by atoms with Gasteiger partial charge in [-0.05, 0) is 18.2 Å². The van der Waals surface area contributed by atoms with E-state index in [-0.39, 0.29) is 27.0 Å². The monoisotopic (exact) mass is 327 g/mol. The first-order chi connectivity index (χ1) is 8.95. The summed E-state index contributed by atoms with van der Waals surface area (Å²) in [6.45, 7) is -3.03. The zero-order valence-corrected chi connectivity index (χ0v) is 11.4. The average Bonchev–Trinajstić information content (AvgIpc) is 2.66. The quantitative estimate of drug-likeness (QED) is 0.809. The average molecular weight is 329 g/mol. The van der Waals surface area contributed by atoms with Crippen molar-refractivity contribution in [2.45, 2.75) is 12.4 Å². The van der Waals surface area contributed by atoms with E-state index in [9.17, 15) is 13.6 Å². The lowest BCUT2D eigenvalue weighted by Crippen LogP contribution is -2.25. The third kappa shape index (κ3) is 2.61. The number of hydrogen-bond acceptors (Lipinski definition) is 2. The van der Waals surface area contributed by atoms with Crippen LogP contribution in [0, 0.1) is 0 Å². The van der Waals surface area contributed by atoms with Gasteiger partial charge in [-0.25, -0.2) is 9.36 Å². The molecule has 2 rings (SSSR count). The van der Waals surface area contributed by atoms with Crippen LogP contribution in [0.4, 0.5) is 8.78 Å². The highest BCUT2D eigenvalue weighted by molar-refractivity contribution is 6.35. The van der Waals surface area contributed by atoms with Crippen molar-refractivity contribution in [2.75, 3.05) is 0 Å². The van der Waals surface area contributed by atoms with Gasteiger partial charge in [0.1, 0.15) is 0 Å². The van der Waals surface area contributed by atoms with Crippen LogP contribution in [0.25, 0.3) is 5.69 Å². The Balaban J connectivity index is 2.67. The number of aromatic nitrogens is 3. The molecule has 0 saturated carbocycles. The number of hydrogen-bond donors (Lipinski definition) is 0. The second kappa shape index (κ2) is 5.48. The number of benzene rings is 1. The second-order valence-electron chi connectivity index (χ2n) is 3.49. The van der Waals surface area contributed by atoms with Crippen LogP contribution in [0.2, 0.25) is 10.0 Å². The Morgan fingerprint density at radius 1 is 1.32 bits per heavy atom. The van der Waals surface area contributed by atoms with E-state index in [0.29, 0.717) is 5.02 Å². The fraction of sp³-hybridized carbons (Fsp3) is 0.200.